The number of aromatic carboxylic acids is 1. The van der Waals surface area contributed by atoms with Crippen LogP contribution in [0.15, 0.2) is 28.6 Å². The Morgan fingerprint density at radius 1 is 1.53 bits per heavy atom. The molecule has 19 heavy (non-hydrogen) atoms. The van der Waals surface area contributed by atoms with Gasteiger partial charge in [-0.3, -0.25) is 10.1 Å². The van der Waals surface area contributed by atoms with Crippen molar-refractivity contribution in [1.29, 1.82) is 0 Å². The standard InChI is InChI=1S/C9H7N5O4S/c1-13-9(10-4-11-13)19-7-6(14(17)18)3-2-5(12-7)8(15)16/h2-4H,1H3,(H,15,16). The lowest BCUT2D eigenvalue weighted by Crippen LogP contribution is -2.03. The minimum absolute atomic E-state index is 0.0407. The first-order valence-corrected chi connectivity index (χ1v) is 5.71. The highest BCUT2D eigenvalue weighted by molar-refractivity contribution is 7.99. The van der Waals surface area contributed by atoms with E-state index < -0.39 is 10.9 Å². The van der Waals surface area contributed by atoms with E-state index in [4.69, 9.17) is 5.11 Å². The highest BCUT2D eigenvalue weighted by Crippen LogP contribution is 2.31. The number of nitro groups is 1. The molecule has 0 bridgehead atoms. The molecule has 0 aliphatic heterocycles. The van der Waals surface area contributed by atoms with E-state index in [0.29, 0.717) is 5.16 Å². The van der Waals surface area contributed by atoms with Gasteiger partial charge in [0.1, 0.15) is 12.0 Å². The number of hydrogen-bond acceptors (Lipinski definition) is 7. The molecule has 1 N–H and O–H groups in total. The van der Waals surface area contributed by atoms with Gasteiger partial charge in [-0.05, 0) is 17.8 Å². The Hall–Kier alpha value is -2.49. The van der Waals surface area contributed by atoms with Gasteiger partial charge >= 0.3 is 11.7 Å². The lowest BCUT2D eigenvalue weighted by Gasteiger charge is -2.02. The molecule has 0 saturated heterocycles. The number of carboxylic acids is 1. The Kier molecular flexibility index (Phi) is 3.42. The average Bonchev–Trinajstić information content (AvgIpc) is 2.74. The molecule has 2 aromatic heterocycles. The van der Waals surface area contributed by atoms with Crippen molar-refractivity contribution in [3.63, 3.8) is 0 Å². The van der Waals surface area contributed by atoms with Crippen LogP contribution in [-0.4, -0.2) is 35.7 Å². The predicted octanol–water partition coefficient (Wildman–Crippen LogP) is 0.968. The first-order chi connectivity index (χ1) is 8.99. The Bertz CT molecular complexity index is 656. The fourth-order valence-electron chi connectivity index (χ4n) is 1.23. The van der Waals surface area contributed by atoms with Gasteiger partial charge in [0.25, 0.3) is 0 Å². The summed E-state index contributed by atoms with van der Waals surface area (Å²) in [7, 11) is 1.61. The fourth-order valence-corrected chi connectivity index (χ4v) is 2.07. The molecule has 2 heterocycles. The number of hydrogen-bond donors (Lipinski definition) is 1. The van der Waals surface area contributed by atoms with Gasteiger partial charge in [-0.15, -0.1) is 0 Å². The smallest absolute Gasteiger partial charge is 0.354 e. The van der Waals surface area contributed by atoms with Crippen LogP contribution in [0.1, 0.15) is 10.5 Å². The van der Waals surface area contributed by atoms with E-state index in [0.717, 1.165) is 23.9 Å². The summed E-state index contributed by atoms with van der Waals surface area (Å²) >= 11 is 0.881. The molecule has 0 spiro atoms. The molecular formula is C9H7N5O4S. The number of rotatable bonds is 4. The zero-order valence-electron chi connectivity index (χ0n) is 9.55. The number of pyridine rings is 1. The molecule has 0 aromatic carbocycles. The van der Waals surface area contributed by atoms with Crippen molar-refractivity contribution in [3.8, 4) is 0 Å². The van der Waals surface area contributed by atoms with Crippen molar-refractivity contribution in [2.24, 2.45) is 7.05 Å². The molecule has 0 aliphatic rings. The maximum absolute atomic E-state index is 10.9. The Labute approximate surface area is 110 Å². The summed E-state index contributed by atoms with van der Waals surface area (Å²) in [5.74, 6) is -1.25. The minimum atomic E-state index is -1.25. The molecule has 0 fully saturated rings. The Balaban J connectivity index is 2.46. The van der Waals surface area contributed by atoms with Crippen LogP contribution in [0.4, 0.5) is 5.69 Å². The first-order valence-electron chi connectivity index (χ1n) is 4.89. The third-order valence-corrected chi connectivity index (χ3v) is 3.16. The second-order valence-electron chi connectivity index (χ2n) is 3.35. The number of carboxylic acid groups (broad SMARTS) is 1. The Morgan fingerprint density at radius 3 is 2.79 bits per heavy atom. The van der Waals surface area contributed by atoms with E-state index in [1.54, 1.807) is 7.05 Å². The topological polar surface area (TPSA) is 124 Å². The van der Waals surface area contributed by atoms with Crippen LogP contribution in [0, 0.1) is 10.1 Å². The lowest BCUT2D eigenvalue weighted by molar-refractivity contribution is -0.388. The molecular weight excluding hydrogens is 274 g/mol. The normalized spacial score (nSPS) is 10.4. The zero-order valence-corrected chi connectivity index (χ0v) is 10.4. The van der Waals surface area contributed by atoms with Crippen LogP contribution in [0.25, 0.3) is 0 Å². The molecule has 2 rings (SSSR count). The largest absolute Gasteiger partial charge is 0.477 e. The maximum Gasteiger partial charge on any atom is 0.354 e. The van der Waals surface area contributed by atoms with Gasteiger partial charge in [0, 0.05) is 13.1 Å². The summed E-state index contributed by atoms with van der Waals surface area (Å²) in [6.07, 6.45) is 1.29. The van der Waals surface area contributed by atoms with Crippen molar-refractivity contribution < 1.29 is 14.8 Å². The third kappa shape index (κ3) is 2.68. The number of nitrogens with zero attached hydrogens (tertiary/aromatic N) is 5. The monoisotopic (exact) mass is 281 g/mol. The number of aryl methyl sites for hydroxylation is 1. The SMILES string of the molecule is Cn1ncnc1Sc1nc(C(=O)O)ccc1[N+](=O)[O-]. The summed E-state index contributed by atoms with van der Waals surface area (Å²) in [5, 5.41) is 23.9. The molecule has 10 heteroatoms. The fraction of sp³-hybridized carbons (Fsp3) is 0.111. The quantitative estimate of drug-likeness (QED) is 0.649. The van der Waals surface area contributed by atoms with Gasteiger partial charge < -0.3 is 5.11 Å². The summed E-state index contributed by atoms with van der Waals surface area (Å²) < 4.78 is 1.41. The van der Waals surface area contributed by atoms with Crippen LogP contribution in [0.5, 0.6) is 0 Å². The molecule has 0 aliphatic carbocycles. The maximum atomic E-state index is 10.9. The number of aromatic nitrogens is 4. The molecule has 2 aromatic rings. The second-order valence-corrected chi connectivity index (χ2v) is 4.31. The van der Waals surface area contributed by atoms with Crippen molar-refractivity contribution in [2.45, 2.75) is 10.2 Å². The van der Waals surface area contributed by atoms with E-state index in [1.807, 2.05) is 0 Å². The van der Waals surface area contributed by atoms with Crippen LogP contribution in [-0.2, 0) is 7.05 Å². The summed E-state index contributed by atoms with van der Waals surface area (Å²) in [5.41, 5.74) is -0.548. The first kappa shape index (κ1) is 13.0. The molecule has 0 atom stereocenters. The molecule has 98 valence electrons. The predicted molar refractivity (Wildman–Crippen MR) is 63.0 cm³/mol. The van der Waals surface area contributed by atoms with Gasteiger partial charge in [0.2, 0.25) is 0 Å². The van der Waals surface area contributed by atoms with Gasteiger partial charge in [0.15, 0.2) is 10.2 Å². The highest BCUT2D eigenvalue weighted by Gasteiger charge is 2.21. The van der Waals surface area contributed by atoms with Crippen molar-refractivity contribution in [3.05, 3.63) is 34.3 Å². The van der Waals surface area contributed by atoms with Crippen LogP contribution in [0.3, 0.4) is 0 Å². The second kappa shape index (κ2) is 5.02. The van der Waals surface area contributed by atoms with Gasteiger partial charge in [-0.2, -0.15) is 5.10 Å². The summed E-state index contributed by atoms with van der Waals surface area (Å²) in [4.78, 5) is 28.7. The van der Waals surface area contributed by atoms with Crippen LogP contribution >= 0.6 is 11.8 Å². The van der Waals surface area contributed by atoms with Crippen LogP contribution < -0.4 is 0 Å². The lowest BCUT2D eigenvalue weighted by atomic mass is 10.3. The van der Waals surface area contributed by atoms with E-state index in [9.17, 15) is 14.9 Å². The van der Waals surface area contributed by atoms with Crippen molar-refractivity contribution in [1.82, 2.24) is 19.7 Å². The molecule has 0 amide bonds. The average molecular weight is 281 g/mol. The van der Waals surface area contributed by atoms with Crippen molar-refractivity contribution >= 4 is 23.4 Å². The molecule has 9 nitrogen and oxygen atoms in total. The highest BCUT2D eigenvalue weighted by atomic mass is 32.2. The van der Waals surface area contributed by atoms with Gasteiger partial charge in [0.05, 0.1) is 4.92 Å². The van der Waals surface area contributed by atoms with E-state index in [1.165, 1.54) is 11.0 Å². The van der Waals surface area contributed by atoms with Gasteiger partial charge in [-0.25, -0.2) is 19.4 Å². The van der Waals surface area contributed by atoms with Gasteiger partial charge in [-0.1, -0.05) is 0 Å². The van der Waals surface area contributed by atoms with E-state index >= 15 is 0 Å². The summed E-state index contributed by atoms with van der Waals surface area (Å²) in [6.45, 7) is 0. The molecule has 0 radical (unpaired) electrons. The summed E-state index contributed by atoms with van der Waals surface area (Å²) in [6, 6.07) is 2.19. The van der Waals surface area contributed by atoms with Crippen molar-refractivity contribution in [2.75, 3.05) is 0 Å². The molecule has 0 saturated carbocycles. The minimum Gasteiger partial charge on any atom is -0.477 e. The molecule has 0 unspecified atom stereocenters. The van der Waals surface area contributed by atoms with Crippen LogP contribution in [0.2, 0.25) is 0 Å². The Morgan fingerprint density at radius 2 is 2.26 bits per heavy atom. The third-order valence-electron chi connectivity index (χ3n) is 2.11. The number of carbonyl (C=O) groups is 1. The van der Waals surface area contributed by atoms with E-state index in [2.05, 4.69) is 15.1 Å². The van der Waals surface area contributed by atoms with E-state index in [-0.39, 0.29) is 16.4 Å². The zero-order chi connectivity index (χ0) is 14.0.